The van der Waals surface area contributed by atoms with Gasteiger partial charge in [-0.05, 0) is 49.1 Å². The molecule has 4 rings (SSSR count). The van der Waals surface area contributed by atoms with Gasteiger partial charge in [-0.25, -0.2) is 13.8 Å². The smallest absolute Gasteiger partial charge is 0.387 e. The molecule has 1 saturated carbocycles. The largest absolute Gasteiger partial charge is 0.504 e. The van der Waals surface area contributed by atoms with Gasteiger partial charge in [0.15, 0.2) is 11.5 Å². The number of rotatable bonds is 8. The van der Waals surface area contributed by atoms with Gasteiger partial charge in [-0.1, -0.05) is 12.1 Å². The lowest BCUT2D eigenvalue weighted by Crippen LogP contribution is -2.45. The Morgan fingerprint density at radius 2 is 1.90 bits per heavy atom. The van der Waals surface area contributed by atoms with Crippen LogP contribution < -0.4 is 10.1 Å². The van der Waals surface area contributed by atoms with Crippen molar-refractivity contribution in [1.29, 1.82) is 0 Å². The van der Waals surface area contributed by atoms with E-state index in [2.05, 4.69) is 15.0 Å². The highest BCUT2D eigenvalue weighted by Crippen LogP contribution is 2.37. The lowest BCUT2D eigenvalue weighted by Gasteiger charge is -2.34. The maximum absolute atomic E-state index is 13.5. The fraction of sp³-hybridized carbons (Fsp3) is 0.500. The molecule has 1 aliphatic heterocycles. The van der Waals surface area contributed by atoms with E-state index in [4.69, 9.17) is 0 Å². The quantitative estimate of drug-likeness (QED) is 0.456. The molecule has 0 spiro atoms. The van der Waals surface area contributed by atoms with E-state index in [9.17, 15) is 37.1 Å². The number of aromatic hydroxyl groups is 1. The van der Waals surface area contributed by atoms with E-state index < -0.39 is 36.1 Å². The van der Waals surface area contributed by atoms with Crippen molar-refractivity contribution in [3.05, 3.63) is 53.3 Å². The summed E-state index contributed by atoms with van der Waals surface area (Å²) in [7, 11) is 1.57. The van der Waals surface area contributed by atoms with Crippen LogP contribution in [0.5, 0.6) is 11.5 Å². The van der Waals surface area contributed by atoms with E-state index in [-0.39, 0.29) is 74.5 Å². The van der Waals surface area contributed by atoms with Crippen LogP contribution in [0, 0.1) is 0 Å². The van der Waals surface area contributed by atoms with Crippen LogP contribution in [0.15, 0.2) is 36.4 Å². The average molecular weight is 581 g/mol. The van der Waals surface area contributed by atoms with Crippen LogP contribution in [0.3, 0.4) is 0 Å². The SMILES string of the molecule is CC(=O)N1CC(c2ccc(OC(F)F)c(O)c2)C[C@@H]1C(=O)NCc1cccc(C(=O)N(C)C2CCC(F)(F)CC2)n1. The summed E-state index contributed by atoms with van der Waals surface area (Å²) in [6.45, 7) is -1.60. The molecule has 0 bridgehead atoms. The molecule has 1 saturated heterocycles. The maximum atomic E-state index is 13.5. The third-order valence-corrected chi connectivity index (χ3v) is 7.70. The number of alkyl halides is 4. The first-order valence-electron chi connectivity index (χ1n) is 13.3. The van der Waals surface area contributed by atoms with Crippen LogP contribution >= 0.6 is 0 Å². The van der Waals surface area contributed by atoms with Gasteiger partial charge in [-0.3, -0.25) is 14.4 Å². The van der Waals surface area contributed by atoms with Crippen LogP contribution in [0.1, 0.15) is 66.7 Å². The number of hydrogen-bond donors (Lipinski definition) is 2. The van der Waals surface area contributed by atoms with Crippen molar-refractivity contribution in [3.8, 4) is 11.5 Å². The number of phenolic OH excluding ortho intramolecular Hbond substituents is 1. The van der Waals surface area contributed by atoms with Crippen molar-refractivity contribution >= 4 is 17.7 Å². The Bertz CT molecular complexity index is 1280. The van der Waals surface area contributed by atoms with Crippen LogP contribution in [-0.2, 0) is 16.1 Å². The molecule has 9 nitrogen and oxygen atoms in total. The van der Waals surface area contributed by atoms with Crippen LogP contribution in [0.2, 0.25) is 0 Å². The third-order valence-electron chi connectivity index (χ3n) is 7.70. The van der Waals surface area contributed by atoms with Crippen LogP contribution in [-0.4, -0.2) is 75.8 Å². The molecule has 13 heteroatoms. The number of hydrogen-bond acceptors (Lipinski definition) is 6. The van der Waals surface area contributed by atoms with Gasteiger partial charge in [0.1, 0.15) is 11.7 Å². The summed E-state index contributed by atoms with van der Waals surface area (Å²) < 4.78 is 56.3. The summed E-state index contributed by atoms with van der Waals surface area (Å²) in [5.74, 6) is -5.06. The standard InChI is InChI=1S/C28H32F4N4O5/c1-16(37)36-15-18(17-6-7-24(23(38)13-17)41-27(29)30)12-22(36)25(39)33-14-19-4-3-5-21(34-19)26(40)35(2)20-8-10-28(31,32)11-9-20/h3-7,13,18,20,22,27,38H,8-12,14-15H2,1-2H3,(H,33,39)/t18?,22-/m1/s1. The minimum Gasteiger partial charge on any atom is -0.504 e. The van der Waals surface area contributed by atoms with Gasteiger partial charge >= 0.3 is 6.61 Å². The topological polar surface area (TPSA) is 112 Å². The van der Waals surface area contributed by atoms with Crippen molar-refractivity contribution in [2.45, 2.75) is 76.1 Å². The van der Waals surface area contributed by atoms with Gasteiger partial charge in [0, 0.05) is 45.3 Å². The van der Waals surface area contributed by atoms with Crippen molar-refractivity contribution in [1.82, 2.24) is 20.1 Å². The van der Waals surface area contributed by atoms with Gasteiger partial charge in [0.25, 0.3) is 5.91 Å². The zero-order valence-electron chi connectivity index (χ0n) is 22.7. The fourth-order valence-electron chi connectivity index (χ4n) is 5.41. The van der Waals surface area contributed by atoms with Gasteiger partial charge in [-0.15, -0.1) is 0 Å². The molecule has 2 atom stereocenters. The number of halogens is 4. The van der Waals surface area contributed by atoms with Gasteiger partial charge in [0.2, 0.25) is 17.7 Å². The molecular formula is C28H32F4N4O5. The summed E-state index contributed by atoms with van der Waals surface area (Å²) in [6.07, 6.45) is 0.0962. The van der Waals surface area contributed by atoms with Gasteiger partial charge in [-0.2, -0.15) is 8.78 Å². The molecule has 1 aliphatic carbocycles. The first-order valence-corrected chi connectivity index (χ1v) is 13.3. The van der Waals surface area contributed by atoms with Crippen LogP contribution in [0.25, 0.3) is 0 Å². The number of carbonyl (C=O) groups is 3. The lowest BCUT2D eigenvalue weighted by atomic mass is 9.91. The number of ether oxygens (including phenoxy) is 1. The number of carbonyl (C=O) groups excluding carboxylic acids is 3. The Morgan fingerprint density at radius 1 is 1.20 bits per heavy atom. The Morgan fingerprint density at radius 3 is 2.54 bits per heavy atom. The molecule has 0 radical (unpaired) electrons. The number of phenols is 1. The monoisotopic (exact) mass is 580 g/mol. The highest BCUT2D eigenvalue weighted by atomic mass is 19.3. The fourth-order valence-corrected chi connectivity index (χ4v) is 5.41. The number of pyridine rings is 1. The first kappa shape index (κ1) is 30.1. The van der Waals surface area contributed by atoms with E-state index in [0.29, 0.717) is 11.3 Å². The predicted molar refractivity (Wildman–Crippen MR) is 139 cm³/mol. The minimum atomic E-state index is -3.10. The highest BCUT2D eigenvalue weighted by molar-refractivity contribution is 5.92. The molecule has 2 N–H and O–H groups in total. The number of amides is 3. The molecule has 3 amide bonds. The zero-order chi connectivity index (χ0) is 29.9. The van der Waals surface area contributed by atoms with E-state index in [1.165, 1.54) is 41.0 Å². The van der Waals surface area contributed by atoms with Crippen molar-refractivity contribution < 1.29 is 41.8 Å². The van der Waals surface area contributed by atoms with Gasteiger partial charge < -0.3 is 25.0 Å². The van der Waals surface area contributed by atoms with Gasteiger partial charge in [0.05, 0.1) is 12.2 Å². The number of nitrogens with zero attached hydrogens (tertiary/aromatic N) is 3. The van der Waals surface area contributed by atoms with E-state index in [0.717, 1.165) is 0 Å². The molecule has 2 aliphatic rings. The highest BCUT2D eigenvalue weighted by Gasteiger charge is 2.39. The Labute approximate surface area is 234 Å². The summed E-state index contributed by atoms with van der Waals surface area (Å²) in [4.78, 5) is 45.6. The van der Waals surface area contributed by atoms with Crippen molar-refractivity contribution in [3.63, 3.8) is 0 Å². The maximum Gasteiger partial charge on any atom is 0.387 e. The van der Waals surface area contributed by atoms with E-state index in [1.54, 1.807) is 19.2 Å². The van der Waals surface area contributed by atoms with E-state index in [1.807, 2.05) is 0 Å². The second kappa shape index (κ2) is 12.3. The molecular weight excluding hydrogens is 548 g/mol. The van der Waals surface area contributed by atoms with Crippen LogP contribution in [0.4, 0.5) is 17.6 Å². The number of benzene rings is 1. The Hall–Kier alpha value is -3.90. The third kappa shape index (κ3) is 7.25. The molecule has 41 heavy (non-hydrogen) atoms. The molecule has 2 heterocycles. The second-order valence-electron chi connectivity index (χ2n) is 10.5. The normalized spacial score (nSPS) is 20.6. The van der Waals surface area contributed by atoms with Crippen molar-refractivity contribution in [2.75, 3.05) is 13.6 Å². The number of nitrogens with one attached hydrogen (secondary N) is 1. The molecule has 1 unspecified atom stereocenters. The predicted octanol–water partition coefficient (Wildman–Crippen LogP) is 4.06. The Kier molecular flexibility index (Phi) is 9.03. The Balaban J connectivity index is 1.38. The lowest BCUT2D eigenvalue weighted by molar-refractivity contribution is -0.136. The molecule has 2 aromatic rings. The second-order valence-corrected chi connectivity index (χ2v) is 10.5. The number of likely N-dealkylation sites (tertiary alicyclic amines) is 1. The molecule has 2 fully saturated rings. The summed E-state index contributed by atoms with van der Waals surface area (Å²) in [6, 6.07) is 7.63. The molecule has 1 aromatic heterocycles. The molecule has 1 aromatic carbocycles. The average Bonchev–Trinajstić information content (AvgIpc) is 3.38. The summed E-state index contributed by atoms with van der Waals surface area (Å²) in [5, 5.41) is 12.8. The molecule has 222 valence electrons. The number of aromatic nitrogens is 1. The minimum absolute atomic E-state index is 0.0211. The first-order chi connectivity index (χ1) is 19.3. The zero-order valence-corrected chi connectivity index (χ0v) is 22.7. The van der Waals surface area contributed by atoms with E-state index >= 15 is 0 Å². The summed E-state index contributed by atoms with van der Waals surface area (Å²) >= 11 is 0. The van der Waals surface area contributed by atoms with Crippen molar-refractivity contribution in [2.24, 2.45) is 0 Å². The summed E-state index contributed by atoms with van der Waals surface area (Å²) in [5.41, 5.74) is 1.09.